The van der Waals surface area contributed by atoms with Gasteiger partial charge in [0.15, 0.2) is 16.6 Å². The van der Waals surface area contributed by atoms with Crippen LogP contribution in [0.2, 0.25) is 37.3 Å². The van der Waals surface area contributed by atoms with E-state index in [9.17, 15) is 4.79 Å². The summed E-state index contributed by atoms with van der Waals surface area (Å²) in [5.41, 5.74) is 3.09. The predicted octanol–water partition coefficient (Wildman–Crippen LogP) is 7.16. The quantitative estimate of drug-likeness (QED) is 0.158. The predicted molar refractivity (Wildman–Crippen MR) is 151 cm³/mol. The van der Waals surface area contributed by atoms with Crippen molar-refractivity contribution in [3.63, 3.8) is 0 Å². The van der Waals surface area contributed by atoms with Crippen LogP contribution < -0.4 is 4.74 Å². The first kappa shape index (κ1) is 29.8. The summed E-state index contributed by atoms with van der Waals surface area (Å²) in [6.45, 7) is 22.1. The molecule has 5 nitrogen and oxygen atoms in total. The van der Waals surface area contributed by atoms with E-state index in [-0.39, 0.29) is 17.0 Å². The summed E-state index contributed by atoms with van der Waals surface area (Å²) in [4.78, 5) is 13.5. The largest absolute Gasteiger partial charge is 0.497 e. The Labute approximate surface area is 216 Å². The number of ether oxygens (including phenoxy) is 2. The molecule has 1 heterocycles. The number of benzene rings is 1. The van der Waals surface area contributed by atoms with Gasteiger partial charge >= 0.3 is 0 Å². The highest BCUT2D eigenvalue weighted by Gasteiger charge is 2.54. The van der Waals surface area contributed by atoms with Gasteiger partial charge in [-0.1, -0.05) is 65.8 Å². The average molecular weight is 520 g/mol. The van der Waals surface area contributed by atoms with Crippen LogP contribution in [0.3, 0.4) is 0 Å². The molecule has 0 bridgehead atoms. The summed E-state index contributed by atoms with van der Waals surface area (Å²) in [6.07, 6.45) is 3.30. The number of amides is 1. The SMILES string of the molecule is CCCC[Si](C)(C)OCC[C@@H]1/C(=C(/C)COCc2ccc(OC)cc2)C(=O)N1[Si](C)(C)C(C)(C)C. The zero-order chi connectivity index (χ0) is 26.4. The van der Waals surface area contributed by atoms with Crippen molar-refractivity contribution < 1.29 is 18.7 Å². The minimum atomic E-state index is -1.99. The zero-order valence-corrected chi connectivity index (χ0v) is 25.9. The van der Waals surface area contributed by atoms with Crippen molar-refractivity contribution in [2.45, 2.75) is 104 Å². The van der Waals surface area contributed by atoms with E-state index in [0.717, 1.165) is 35.5 Å². The summed E-state index contributed by atoms with van der Waals surface area (Å²) in [5, 5.41) is 0.0984. The van der Waals surface area contributed by atoms with Gasteiger partial charge in [-0.2, -0.15) is 0 Å². The lowest BCUT2D eigenvalue weighted by Gasteiger charge is -2.56. The second kappa shape index (κ2) is 12.2. The fourth-order valence-corrected chi connectivity index (χ4v) is 8.87. The number of hydrogen-bond donors (Lipinski definition) is 0. The lowest BCUT2D eigenvalue weighted by Crippen LogP contribution is -2.69. The fourth-order valence-electron chi connectivity index (χ4n) is 4.47. The molecule has 1 aliphatic heterocycles. The molecule has 198 valence electrons. The first-order valence-electron chi connectivity index (χ1n) is 13.1. The number of carbonyl (C=O) groups excluding carboxylic acids is 1. The van der Waals surface area contributed by atoms with Crippen LogP contribution in [0.4, 0.5) is 0 Å². The van der Waals surface area contributed by atoms with Gasteiger partial charge in [-0.3, -0.25) is 4.79 Å². The van der Waals surface area contributed by atoms with Gasteiger partial charge < -0.3 is 18.5 Å². The van der Waals surface area contributed by atoms with Gasteiger partial charge in [-0.25, -0.2) is 0 Å². The Balaban J connectivity index is 2.13. The van der Waals surface area contributed by atoms with Crippen LogP contribution >= 0.6 is 0 Å². The number of rotatable bonds is 13. The van der Waals surface area contributed by atoms with E-state index in [1.165, 1.54) is 18.9 Å². The van der Waals surface area contributed by atoms with Gasteiger partial charge in [0.1, 0.15) is 5.75 Å². The second-order valence-corrected chi connectivity index (χ2v) is 21.4. The molecular formula is C28H49NO4Si2. The van der Waals surface area contributed by atoms with E-state index in [1.807, 2.05) is 24.3 Å². The molecule has 0 aromatic heterocycles. The van der Waals surface area contributed by atoms with Gasteiger partial charge in [0.05, 0.1) is 26.4 Å². The standard InChI is InChI=1S/C28H49NO4Si2/c1-11-12-19-34(7,8)33-18-17-25-26(27(30)29(25)35(9,10)28(3,4)5)22(2)20-32-21-23-13-15-24(31-6)16-14-23/h13-16,25H,11-12,17-21H2,1-10H3/b26-22+/t25-/m1/s1. The third-order valence-electron chi connectivity index (χ3n) is 7.75. The van der Waals surface area contributed by atoms with Crippen LogP contribution in [0.15, 0.2) is 35.4 Å². The summed E-state index contributed by atoms with van der Waals surface area (Å²) < 4.78 is 19.9. The van der Waals surface area contributed by atoms with Crippen molar-refractivity contribution in [3.8, 4) is 5.75 Å². The Bertz CT molecular complexity index is 872. The minimum absolute atomic E-state index is 0.0984. The molecule has 0 unspecified atom stereocenters. The first-order valence-corrected chi connectivity index (χ1v) is 19.2. The molecule has 1 aliphatic rings. The Morgan fingerprint density at radius 3 is 2.26 bits per heavy atom. The van der Waals surface area contributed by atoms with Crippen LogP contribution in [0, 0.1) is 0 Å². The maximum atomic E-state index is 13.5. The van der Waals surface area contributed by atoms with Crippen molar-refractivity contribution in [3.05, 3.63) is 41.0 Å². The second-order valence-electron chi connectivity index (χ2n) is 12.0. The molecule has 2 rings (SSSR count). The Morgan fingerprint density at radius 2 is 1.71 bits per heavy atom. The smallest absolute Gasteiger partial charge is 0.244 e. The molecule has 1 aromatic rings. The maximum absolute atomic E-state index is 13.5. The molecule has 1 fully saturated rings. The van der Waals surface area contributed by atoms with Gasteiger partial charge in [0.2, 0.25) is 5.91 Å². The molecule has 0 spiro atoms. The minimum Gasteiger partial charge on any atom is -0.497 e. The molecule has 1 saturated heterocycles. The molecule has 0 aliphatic carbocycles. The molecular weight excluding hydrogens is 470 g/mol. The van der Waals surface area contributed by atoms with Crippen LogP contribution in [0.25, 0.3) is 0 Å². The van der Waals surface area contributed by atoms with E-state index in [1.54, 1.807) is 7.11 Å². The van der Waals surface area contributed by atoms with Crippen molar-refractivity contribution in [1.29, 1.82) is 0 Å². The highest BCUT2D eigenvalue weighted by molar-refractivity contribution is 6.80. The van der Waals surface area contributed by atoms with E-state index in [0.29, 0.717) is 13.2 Å². The van der Waals surface area contributed by atoms with Gasteiger partial charge in [-0.15, -0.1) is 0 Å². The maximum Gasteiger partial charge on any atom is 0.244 e. The molecule has 35 heavy (non-hydrogen) atoms. The highest BCUT2D eigenvalue weighted by atomic mass is 28.4. The number of nitrogens with zero attached hydrogens (tertiary/aromatic N) is 1. The molecule has 7 heteroatoms. The molecule has 0 radical (unpaired) electrons. The number of β-lactam (4-membered cyclic amide) rings is 1. The normalized spacial score (nSPS) is 18.5. The van der Waals surface area contributed by atoms with E-state index in [4.69, 9.17) is 13.9 Å². The topological polar surface area (TPSA) is 48.0 Å². The van der Waals surface area contributed by atoms with Gasteiger partial charge in [0.25, 0.3) is 0 Å². The highest BCUT2D eigenvalue weighted by Crippen LogP contribution is 2.46. The van der Waals surface area contributed by atoms with Crippen LogP contribution in [-0.4, -0.2) is 53.4 Å². The van der Waals surface area contributed by atoms with Crippen molar-refractivity contribution >= 4 is 22.5 Å². The lowest BCUT2D eigenvalue weighted by atomic mass is 9.91. The van der Waals surface area contributed by atoms with E-state index >= 15 is 0 Å². The van der Waals surface area contributed by atoms with Crippen molar-refractivity contribution in [2.75, 3.05) is 20.3 Å². The number of methoxy groups -OCH3 is 1. The van der Waals surface area contributed by atoms with Gasteiger partial charge in [0, 0.05) is 12.2 Å². The van der Waals surface area contributed by atoms with Crippen molar-refractivity contribution in [1.82, 2.24) is 4.57 Å². The number of unbranched alkanes of at least 4 members (excludes halogenated alkanes) is 1. The van der Waals surface area contributed by atoms with Crippen LogP contribution in [0.5, 0.6) is 5.75 Å². The Morgan fingerprint density at radius 1 is 1.09 bits per heavy atom. The molecule has 0 saturated carbocycles. The first-order chi connectivity index (χ1) is 16.2. The summed E-state index contributed by atoms with van der Waals surface area (Å²) in [5.74, 6) is 1.04. The number of carbonyl (C=O) groups is 1. The molecule has 0 N–H and O–H groups in total. The molecule has 1 amide bonds. The number of hydrogen-bond acceptors (Lipinski definition) is 4. The Hall–Kier alpha value is -1.42. The van der Waals surface area contributed by atoms with Crippen LogP contribution in [-0.2, 0) is 20.6 Å². The van der Waals surface area contributed by atoms with E-state index < -0.39 is 16.6 Å². The van der Waals surface area contributed by atoms with Gasteiger partial charge in [-0.05, 0) is 60.8 Å². The molecule has 1 atom stereocenters. The summed E-state index contributed by atoms with van der Waals surface area (Å²) in [6, 6.07) is 9.23. The van der Waals surface area contributed by atoms with E-state index in [2.05, 4.69) is 65.4 Å². The average Bonchev–Trinajstić information content (AvgIpc) is 2.76. The third-order valence-corrected chi connectivity index (χ3v) is 15.7. The zero-order valence-electron chi connectivity index (χ0n) is 23.9. The third kappa shape index (κ3) is 7.54. The summed E-state index contributed by atoms with van der Waals surface area (Å²) in [7, 11) is -1.98. The fraction of sp³-hybridized carbons (Fsp3) is 0.679. The monoisotopic (exact) mass is 519 g/mol. The Kier molecular flexibility index (Phi) is 10.4. The summed E-state index contributed by atoms with van der Waals surface area (Å²) >= 11 is 0. The molecule has 1 aromatic carbocycles. The lowest BCUT2D eigenvalue weighted by molar-refractivity contribution is -0.131. The van der Waals surface area contributed by atoms with Crippen molar-refractivity contribution in [2.24, 2.45) is 0 Å². The van der Waals surface area contributed by atoms with Crippen LogP contribution in [0.1, 0.15) is 59.4 Å².